The maximum atomic E-state index is 11.4. The van der Waals surface area contributed by atoms with Crippen LogP contribution in [0, 0.1) is 0 Å². The summed E-state index contributed by atoms with van der Waals surface area (Å²) in [6.45, 7) is 5.95. The lowest BCUT2D eigenvalue weighted by Gasteiger charge is -2.12. The Morgan fingerprint density at radius 3 is 2.31 bits per heavy atom. The van der Waals surface area contributed by atoms with E-state index in [0.717, 1.165) is 25.7 Å². The van der Waals surface area contributed by atoms with E-state index in [4.69, 9.17) is 0 Å². The standard InChI is InChI=1S/C9H21NO2S/c1-4-6-8-13(11,12)10-9(3)7-5-2/h9-10H,4-8H2,1-3H3. The zero-order valence-electron chi connectivity index (χ0n) is 8.84. The van der Waals surface area contributed by atoms with Crippen LogP contribution in [-0.4, -0.2) is 20.2 Å². The van der Waals surface area contributed by atoms with E-state index in [-0.39, 0.29) is 11.8 Å². The Kier molecular flexibility index (Phi) is 6.33. The van der Waals surface area contributed by atoms with Crippen LogP contribution >= 0.6 is 0 Å². The van der Waals surface area contributed by atoms with Gasteiger partial charge < -0.3 is 0 Å². The van der Waals surface area contributed by atoms with Gasteiger partial charge in [0.25, 0.3) is 0 Å². The predicted molar refractivity (Wildman–Crippen MR) is 56.2 cm³/mol. The second-order valence-electron chi connectivity index (χ2n) is 3.48. The summed E-state index contributed by atoms with van der Waals surface area (Å²) >= 11 is 0. The summed E-state index contributed by atoms with van der Waals surface area (Å²) in [5.74, 6) is 0.261. The first-order valence-corrected chi connectivity index (χ1v) is 6.67. The summed E-state index contributed by atoms with van der Waals surface area (Å²) in [5, 5.41) is 0. The van der Waals surface area contributed by atoms with Gasteiger partial charge in [0.1, 0.15) is 0 Å². The van der Waals surface area contributed by atoms with Crippen LogP contribution in [0.1, 0.15) is 46.5 Å². The molecule has 1 unspecified atom stereocenters. The topological polar surface area (TPSA) is 46.2 Å². The van der Waals surface area contributed by atoms with Gasteiger partial charge >= 0.3 is 0 Å². The van der Waals surface area contributed by atoms with Gasteiger partial charge in [0.2, 0.25) is 10.0 Å². The van der Waals surface area contributed by atoms with Gasteiger partial charge in [-0.15, -0.1) is 0 Å². The van der Waals surface area contributed by atoms with E-state index in [9.17, 15) is 8.42 Å². The van der Waals surface area contributed by atoms with Crippen molar-refractivity contribution in [1.29, 1.82) is 0 Å². The summed E-state index contributed by atoms with van der Waals surface area (Å²) in [6, 6.07) is 0.0758. The zero-order chi connectivity index (χ0) is 10.3. The summed E-state index contributed by atoms with van der Waals surface area (Å²) in [5.41, 5.74) is 0. The molecule has 0 aromatic rings. The molecule has 80 valence electrons. The molecule has 0 saturated heterocycles. The number of sulfonamides is 1. The van der Waals surface area contributed by atoms with Crippen molar-refractivity contribution in [3.05, 3.63) is 0 Å². The number of hydrogen-bond acceptors (Lipinski definition) is 2. The minimum Gasteiger partial charge on any atom is -0.212 e. The van der Waals surface area contributed by atoms with Crippen molar-refractivity contribution in [2.75, 3.05) is 5.75 Å². The Hall–Kier alpha value is -0.0900. The van der Waals surface area contributed by atoms with Gasteiger partial charge in [-0.1, -0.05) is 26.7 Å². The summed E-state index contributed by atoms with van der Waals surface area (Å²) in [4.78, 5) is 0. The Bertz CT molecular complexity index is 212. The fraction of sp³-hybridized carbons (Fsp3) is 1.00. The Morgan fingerprint density at radius 2 is 1.85 bits per heavy atom. The summed E-state index contributed by atoms with van der Waals surface area (Å²) in [7, 11) is -3.02. The quantitative estimate of drug-likeness (QED) is 0.693. The molecule has 0 aliphatic rings. The smallest absolute Gasteiger partial charge is 0.211 e. The van der Waals surface area contributed by atoms with E-state index in [1.807, 2.05) is 13.8 Å². The highest BCUT2D eigenvalue weighted by Crippen LogP contribution is 2.00. The monoisotopic (exact) mass is 207 g/mol. The van der Waals surface area contributed by atoms with E-state index in [1.54, 1.807) is 0 Å². The first kappa shape index (κ1) is 12.9. The van der Waals surface area contributed by atoms with E-state index < -0.39 is 10.0 Å². The second-order valence-corrected chi connectivity index (χ2v) is 5.35. The van der Waals surface area contributed by atoms with E-state index in [1.165, 1.54) is 0 Å². The van der Waals surface area contributed by atoms with Gasteiger partial charge in [-0.3, -0.25) is 0 Å². The Labute approximate surface area is 82.0 Å². The third-order valence-corrected chi connectivity index (χ3v) is 3.46. The molecule has 1 atom stereocenters. The molecule has 0 heterocycles. The van der Waals surface area contributed by atoms with Crippen LogP contribution in [0.2, 0.25) is 0 Å². The molecule has 0 fully saturated rings. The van der Waals surface area contributed by atoms with Gasteiger partial charge in [0, 0.05) is 6.04 Å². The van der Waals surface area contributed by atoms with E-state index in [2.05, 4.69) is 11.6 Å². The van der Waals surface area contributed by atoms with Crippen molar-refractivity contribution < 1.29 is 8.42 Å². The van der Waals surface area contributed by atoms with Crippen LogP contribution < -0.4 is 4.72 Å². The summed E-state index contributed by atoms with van der Waals surface area (Å²) in [6.07, 6.45) is 3.58. The molecule has 13 heavy (non-hydrogen) atoms. The molecule has 4 heteroatoms. The summed E-state index contributed by atoms with van der Waals surface area (Å²) < 4.78 is 25.4. The van der Waals surface area contributed by atoms with Crippen molar-refractivity contribution in [3.63, 3.8) is 0 Å². The molecule has 0 aromatic carbocycles. The molecule has 0 aliphatic heterocycles. The third kappa shape index (κ3) is 7.02. The minimum absolute atomic E-state index is 0.0758. The van der Waals surface area contributed by atoms with Gasteiger partial charge in [-0.2, -0.15) is 0 Å². The van der Waals surface area contributed by atoms with Crippen molar-refractivity contribution >= 4 is 10.0 Å². The average Bonchev–Trinajstić information content (AvgIpc) is 2.00. The van der Waals surface area contributed by atoms with Crippen LogP contribution in [0.5, 0.6) is 0 Å². The molecule has 0 aliphatic carbocycles. The highest BCUT2D eigenvalue weighted by atomic mass is 32.2. The molecule has 3 nitrogen and oxygen atoms in total. The van der Waals surface area contributed by atoms with Gasteiger partial charge in [0.05, 0.1) is 5.75 Å². The van der Waals surface area contributed by atoms with Crippen molar-refractivity contribution in [3.8, 4) is 0 Å². The lowest BCUT2D eigenvalue weighted by molar-refractivity contribution is 0.541. The van der Waals surface area contributed by atoms with Gasteiger partial charge in [-0.05, 0) is 19.8 Å². The van der Waals surface area contributed by atoms with Crippen LogP contribution in [-0.2, 0) is 10.0 Å². The molecule has 0 aromatic heterocycles. The molecule has 0 radical (unpaired) electrons. The first-order chi connectivity index (χ1) is 6.02. The molecule has 0 rings (SSSR count). The lowest BCUT2D eigenvalue weighted by Crippen LogP contribution is -2.34. The normalized spacial score (nSPS) is 14.4. The maximum absolute atomic E-state index is 11.4. The lowest BCUT2D eigenvalue weighted by atomic mass is 10.2. The SMILES string of the molecule is CCCCS(=O)(=O)NC(C)CCC. The fourth-order valence-corrected chi connectivity index (χ4v) is 2.71. The third-order valence-electron chi connectivity index (χ3n) is 1.87. The largest absolute Gasteiger partial charge is 0.212 e. The van der Waals surface area contributed by atoms with Crippen molar-refractivity contribution in [2.24, 2.45) is 0 Å². The van der Waals surface area contributed by atoms with Crippen molar-refractivity contribution in [2.45, 2.75) is 52.5 Å². The molecule has 0 bridgehead atoms. The number of rotatable bonds is 7. The zero-order valence-corrected chi connectivity index (χ0v) is 9.65. The van der Waals surface area contributed by atoms with Crippen LogP contribution in [0.3, 0.4) is 0 Å². The highest BCUT2D eigenvalue weighted by Gasteiger charge is 2.12. The predicted octanol–water partition coefficient (Wildman–Crippen LogP) is 1.89. The fourth-order valence-electron chi connectivity index (χ4n) is 1.19. The van der Waals surface area contributed by atoms with Crippen LogP contribution in [0.4, 0.5) is 0 Å². The molecule has 0 spiro atoms. The van der Waals surface area contributed by atoms with Crippen molar-refractivity contribution in [1.82, 2.24) is 4.72 Å². The second kappa shape index (κ2) is 6.38. The Morgan fingerprint density at radius 1 is 1.23 bits per heavy atom. The molecular weight excluding hydrogens is 186 g/mol. The van der Waals surface area contributed by atoms with E-state index >= 15 is 0 Å². The molecule has 1 N–H and O–H groups in total. The van der Waals surface area contributed by atoms with Gasteiger partial charge in [0.15, 0.2) is 0 Å². The number of unbranched alkanes of at least 4 members (excludes halogenated alkanes) is 1. The van der Waals surface area contributed by atoms with Crippen LogP contribution in [0.25, 0.3) is 0 Å². The highest BCUT2D eigenvalue weighted by molar-refractivity contribution is 7.89. The van der Waals surface area contributed by atoms with E-state index in [0.29, 0.717) is 0 Å². The average molecular weight is 207 g/mol. The Balaban J connectivity index is 3.87. The molecule has 0 saturated carbocycles. The number of hydrogen-bond donors (Lipinski definition) is 1. The minimum atomic E-state index is -3.02. The molecule has 0 amide bonds. The molecular formula is C9H21NO2S. The number of nitrogens with one attached hydrogen (secondary N) is 1. The maximum Gasteiger partial charge on any atom is 0.211 e. The van der Waals surface area contributed by atoms with Gasteiger partial charge in [-0.25, -0.2) is 13.1 Å². The van der Waals surface area contributed by atoms with Crippen LogP contribution in [0.15, 0.2) is 0 Å². The first-order valence-electron chi connectivity index (χ1n) is 5.01.